The van der Waals surface area contributed by atoms with Crippen LogP contribution in [0.3, 0.4) is 0 Å². The lowest BCUT2D eigenvalue weighted by Crippen LogP contribution is -2.23. The Morgan fingerprint density at radius 2 is 2.19 bits per heavy atom. The first-order chi connectivity index (χ1) is 7.56. The fraction of sp³-hybridized carbons (Fsp3) is 0.455. The SMILES string of the molecule is CC(=O)c1cccc(C(O)C(O)CCN)n1. The largest absolute Gasteiger partial charge is 0.390 e. The van der Waals surface area contributed by atoms with Crippen molar-refractivity contribution in [1.29, 1.82) is 0 Å². The highest BCUT2D eigenvalue weighted by atomic mass is 16.3. The minimum atomic E-state index is -1.11. The van der Waals surface area contributed by atoms with Gasteiger partial charge in [0.25, 0.3) is 0 Å². The van der Waals surface area contributed by atoms with Gasteiger partial charge in [0.2, 0.25) is 0 Å². The predicted molar refractivity (Wildman–Crippen MR) is 58.9 cm³/mol. The number of pyridine rings is 1. The summed E-state index contributed by atoms with van der Waals surface area (Å²) in [5.74, 6) is -0.178. The van der Waals surface area contributed by atoms with Crippen molar-refractivity contribution in [2.45, 2.75) is 25.6 Å². The first-order valence-corrected chi connectivity index (χ1v) is 5.10. The van der Waals surface area contributed by atoms with E-state index in [1.165, 1.54) is 6.92 Å². The Balaban J connectivity index is 2.86. The van der Waals surface area contributed by atoms with E-state index in [-0.39, 0.29) is 30.1 Å². The second-order valence-corrected chi connectivity index (χ2v) is 3.59. The summed E-state index contributed by atoms with van der Waals surface area (Å²) >= 11 is 0. The molecule has 2 unspecified atom stereocenters. The van der Waals surface area contributed by atoms with Crippen LogP contribution in [0.5, 0.6) is 0 Å². The molecule has 0 bridgehead atoms. The fourth-order valence-electron chi connectivity index (χ4n) is 1.34. The molecule has 0 saturated heterocycles. The third-order valence-electron chi connectivity index (χ3n) is 2.26. The van der Waals surface area contributed by atoms with Gasteiger partial charge in [-0.15, -0.1) is 0 Å². The van der Waals surface area contributed by atoms with Crippen LogP contribution in [-0.4, -0.2) is 33.6 Å². The second-order valence-electron chi connectivity index (χ2n) is 3.59. The normalized spacial score (nSPS) is 14.5. The highest BCUT2D eigenvalue weighted by Crippen LogP contribution is 2.16. The summed E-state index contributed by atoms with van der Waals surface area (Å²) in [4.78, 5) is 15.1. The molecule has 2 atom stereocenters. The molecule has 88 valence electrons. The van der Waals surface area contributed by atoms with Crippen molar-refractivity contribution in [1.82, 2.24) is 4.98 Å². The molecule has 1 aromatic heterocycles. The fourth-order valence-corrected chi connectivity index (χ4v) is 1.34. The molecule has 0 saturated carbocycles. The van der Waals surface area contributed by atoms with Gasteiger partial charge >= 0.3 is 0 Å². The van der Waals surface area contributed by atoms with Gasteiger partial charge in [-0.3, -0.25) is 4.79 Å². The minimum Gasteiger partial charge on any atom is -0.390 e. The third-order valence-corrected chi connectivity index (χ3v) is 2.26. The number of aromatic nitrogens is 1. The molecule has 0 radical (unpaired) electrons. The van der Waals surface area contributed by atoms with E-state index in [0.29, 0.717) is 0 Å². The molecule has 0 spiro atoms. The van der Waals surface area contributed by atoms with Crippen molar-refractivity contribution in [3.05, 3.63) is 29.6 Å². The number of nitrogens with zero attached hydrogens (tertiary/aromatic N) is 1. The first kappa shape index (κ1) is 12.8. The van der Waals surface area contributed by atoms with Crippen molar-refractivity contribution in [3.63, 3.8) is 0 Å². The summed E-state index contributed by atoms with van der Waals surface area (Å²) < 4.78 is 0. The molecule has 1 aromatic rings. The predicted octanol–water partition coefficient (Wildman–Crippen LogP) is 0.0273. The summed E-state index contributed by atoms with van der Waals surface area (Å²) in [5.41, 5.74) is 5.84. The van der Waals surface area contributed by atoms with Crippen molar-refractivity contribution in [2.75, 3.05) is 6.54 Å². The maximum absolute atomic E-state index is 11.1. The third kappa shape index (κ3) is 3.10. The van der Waals surface area contributed by atoms with E-state index in [1.807, 2.05) is 0 Å². The van der Waals surface area contributed by atoms with Crippen LogP contribution < -0.4 is 5.73 Å². The lowest BCUT2D eigenvalue weighted by atomic mass is 10.1. The Kier molecular flexibility index (Phi) is 4.54. The van der Waals surface area contributed by atoms with Gasteiger partial charge in [-0.25, -0.2) is 4.98 Å². The average molecular weight is 224 g/mol. The zero-order valence-corrected chi connectivity index (χ0v) is 9.13. The summed E-state index contributed by atoms with van der Waals surface area (Å²) in [6.07, 6.45) is -1.78. The summed E-state index contributed by atoms with van der Waals surface area (Å²) in [7, 11) is 0. The minimum absolute atomic E-state index is 0.178. The molecule has 5 nitrogen and oxygen atoms in total. The Morgan fingerprint density at radius 3 is 2.75 bits per heavy atom. The van der Waals surface area contributed by atoms with Crippen LogP contribution in [0.25, 0.3) is 0 Å². The number of Topliss-reactive ketones (excluding diaryl/α,β-unsaturated/α-hetero) is 1. The average Bonchev–Trinajstić information content (AvgIpc) is 2.28. The number of aliphatic hydroxyl groups is 2. The summed E-state index contributed by atoms with van der Waals surface area (Å²) in [6.45, 7) is 1.68. The second kappa shape index (κ2) is 5.69. The lowest BCUT2D eigenvalue weighted by Gasteiger charge is -2.16. The maximum atomic E-state index is 11.1. The van der Waals surface area contributed by atoms with E-state index < -0.39 is 12.2 Å². The van der Waals surface area contributed by atoms with Crippen LogP contribution in [0, 0.1) is 0 Å². The number of ketones is 1. The van der Waals surface area contributed by atoms with Crippen LogP contribution >= 0.6 is 0 Å². The van der Waals surface area contributed by atoms with E-state index in [4.69, 9.17) is 5.73 Å². The van der Waals surface area contributed by atoms with Crippen LogP contribution in [0.1, 0.15) is 35.6 Å². The van der Waals surface area contributed by atoms with Crippen LogP contribution in [0.2, 0.25) is 0 Å². The number of nitrogens with two attached hydrogens (primary N) is 1. The zero-order chi connectivity index (χ0) is 12.1. The standard InChI is InChI=1S/C11H16N2O3/c1-7(14)8-3-2-4-9(13-8)11(16)10(15)5-6-12/h2-4,10-11,15-16H,5-6,12H2,1H3. The number of carbonyl (C=O) groups excluding carboxylic acids is 1. The van der Waals surface area contributed by atoms with Gasteiger partial charge in [-0.05, 0) is 25.1 Å². The number of hydrogen-bond acceptors (Lipinski definition) is 5. The Hall–Kier alpha value is -1.30. The molecule has 0 aromatic carbocycles. The highest BCUT2D eigenvalue weighted by Gasteiger charge is 2.19. The number of aliphatic hydroxyl groups excluding tert-OH is 2. The monoisotopic (exact) mass is 224 g/mol. The van der Waals surface area contributed by atoms with E-state index in [2.05, 4.69) is 4.98 Å². The van der Waals surface area contributed by atoms with Gasteiger partial charge in [-0.1, -0.05) is 6.07 Å². The first-order valence-electron chi connectivity index (χ1n) is 5.10. The molecule has 1 heterocycles. The van der Waals surface area contributed by atoms with Gasteiger partial charge in [0.1, 0.15) is 11.8 Å². The topological polar surface area (TPSA) is 96.4 Å². The maximum Gasteiger partial charge on any atom is 0.178 e. The van der Waals surface area contributed by atoms with Crippen molar-refractivity contribution < 1.29 is 15.0 Å². The molecule has 5 heteroatoms. The summed E-state index contributed by atoms with van der Waals surface area (Å²) in [6, 6.07) is 4.75. The van der Waals surface area contributed by atoms with Crippen molar-refractivity contribution in [3.8, 4) is 0 Å². The van der Waals surface area contributed by atoms with Crippen LogP contribution in [-0.2, 0) is 0 Å². The lowest BCUT2D eigenvalue weighted by molar-refractivity contribution is 0.0124. The smallest absolute Gasteiger partial charge is 0.178 e. The molecular formula is C11H16N2O3. The van der Waals surface area contributed by atoms with Crippen LogP contribution in [0.15, 0.2) is 18.2 Å². The van der Waals surface area contributed by atoms with Gasteiger partial charge in [0, 0.05) is 6.92 Å². The Labute approximate surface area is 93.9 Å². The number of rotatable bonds is 5. The van der Waals surface area contributed by atoms with Crippen molar-refractivity contribution >= 4 is 5.78 Å². The molecule has 16 heavy (non-hydrogen) atoms. The number of hydrogen-bond donors (Lipinski definition) is 3. The highest BCUT2D eigenvalue weighted by molar-refractivity contribution is 5.92. The molecule has 1 rings (SSSR count). The van der Waals surface area contributed by atoms with Gasteiger partial charge in [0.15, 0.2) is 5.78 Å². The molecule has 0 fully saturated rings. The van der Waals surface area contributed by atoms with E-state index >= 15 is 0 Å². The molecule has 0 aliphatic carbocycles. The molecular weight excluding hydrogens is 208 g/mol. The van der Waals surface area contributed by atoms with Crippen molar-refractivity contribution in [2.24, 2.45) is 5.73 Å². The van der Waals surface area contributed by atoms with Gasteiger partial charge in [0.05, 0.1) is 11.8 Å². The van der Waals surface area contributed by atoms with Gasteiger partial charge < -0.3 is 15.9 Å². The summed E-state index contributed by atoms with van der Waals surface area (Å²) in [5, 5.41) is 19.3. The van der Waals surface area contributed by atoms with E-state index in [1.54, 1.807) is 18.2 Å². The zero-order valence-electron chi connectivity index (χ0n) is 9.13. The Morgan fingerprint density at radius 1 is 1.50 bits per heavy atom. The van der Waals surface area contributed by atoms with E-state index in [9.17, 15) is 15.0 Å². The van der Waals surface area contributed by atoms with Gasteiger partial charge in [-0.2, -0.15) is 0 Å². The molecule has 4 N–H and O–H groups in total. The molecule has 0 amide bonds. The van der Waals surface area contributed by atoms with E-state index in [0.717, 1.165) is 0 Å². The molecule has 0 aliphatic rings. The Bertz CT molecular complexity index is 368. The molecule has 0 aliphatic heterocycles. The van der Waals surface area contributed by atoms with Crippen LogP contribution in [0.4, 0.5) is 0 Å². The quantitative estimate of drug-likeness (QED) is 0.613. The number of carbonyl (C=O) groups is 1.